The topological polar surface area (TPSA) is 45.2 Å². The molecule has 1 N–H and O–H groups in total. The van der Waals surface area contributed by atoms with Crippen molar-refractivity contribution in [2.45, 2.75) is 70.7 Å². The van der Waals surface area contributed by atoms with Gasteiger partial charge in [-0.1, -0.05) is 0 Å². The van der Waals surface area contributed by atoms with Crippen LogP contribution in [-0.4, -0.2) is 85.2 Å². The Morgan fingerprint density at radius 3 is 2.08 bits per heavy atom. The van der Waals surface area contributed by atoms with Crippen molar-refractivity contribution < 1.29 is 14.6 Å². The maximum atomic E-state index is 8.81. The van der Waals surface area contributed by atoms with Gasteiger partial charge in [0.05, 0.1) is 24.4 Å². The molecule has 5 heteroatoms. The van der Waals surface area contributed by atoms with Crippen molar-refractivity contribution in [2.24, 2.45) is 0 Å². The molecule has 1 aliphatic carbocycles. The number of piperazine rings is 1. The molecule has 0 aromatic heterocycles. The van der Waals surface area contributed by atoms with E-state index in [0.717, 1.165) is 51.9 Å². The van der Waals surface area contributed by atoms with Crippen molar-refractivity contribution >= 4 is 0 Å². The summed E-state index contributed by atoms with van der Waals surface area (Å²) in [6.07, 6.45) is 6.21. The zero-order valence-electron chi connectivity index (χ0n) is 16.0. The van der Waals surface area contributed by atoms with Crippen molar-refractivity contribution in [2.75, 3.05) is 52.5 Å². The zero-order valence-corrected chi connectivity index (χ0v) is 16.0. The predicted molar refractivity (Wildman–Crippen MR) is 97.4 cm³/mol. The first-order valence-electron chi connectivity index (χ1n) is 9.81. The highest BCUT2D eigenvalue weighted by molar-refractivity contribution is 4.83. The first kappa shape index (κ1) is 20.1. The molecule has 1 heterocycles. The van der Waals surface area contributed by atoms with E-state index in [0.29, 0.717) is 18.8 Å². The minimum absolute atomic E-state index is 0.0343. The lowest BCUT2D eigenvalue weighted by Crippen LogP contribution is -2.48. The van der Waals surface area contributed by atoms with Crippen LogP contribution in [0, 0.1) is 0 Å². The molecular weight excluding hydrogens is 304 g/mol. The van der Waals surface area contributed by atoms with Crippen LogP contribution in [0.2, 0.25) is 0 Å². The third-order valence-electron chi connectivity index (χ3n) is 4.93. The second kappa shape index (κ2) is 10.1. The monoisotopic (exact) mass is 342 g/mol. The molecule has 0 aromatic carbocycles. The largest absolute Gasteiger partial charge is 0.396 e. The van der Waals surface area contributed by atoms with Gasteiger partial charge in [-0.15, -0.1) is 0 Å². The average molecular weight is 343 g/mol. The van der Waals surface area contributed by atoms with E-state index < -0.39 is 0 Å². The smallest absolute Gasteiger partial charge is 0.0631 e. The molecule has 0 aromatic rings. The van der Waals surface area contributed by atoms with Crippen LogP contribution in [0.4, 0.5) is 0 Å². The molecule has 2 rings (SSSR count). The molecule has 2 fully saturated rings. The lowest BCUT2D eigenvalue weighted by atomic mass is 9.91. The van der Waals surface area contributed by atoms with Crippen molar-refractivity contribution in [1.29, 1.82) is 0 Å². The van der Waals surface area contributed by atoms with Crippen molar-refractivity contribution in [3.8, 4) is 0 Å². The van der Waals surface area contributed by atoms with E-state index in [1.807, 2.05) is 0 Å². The fraction of sp³-hybridized carbons (Fsp3) is 1.00. The van der Waals surface area contributed by atoms with Crippen LogP contribution in [-0.2, 0) is 9.47 Å². The van der Waals surface area contributed by atoms with Crippen molar-refractivity contribution in [3.63, 3.8) is 0 Å². The quantitative estimate of drug-likeness (QED) is 0.616. The Hall–Kier alpha value is -0.200. The fourth-order valence-corrected chi connectivity index (χ4v) is 3.46. The molecule has 2 aliphatic rings. The number of ether oxygens (including phenoxy) is 2. The van der Waals surface area contributed by atoms with Crippen LogP contribution in [0.1, 0.15) is 52.9 Å². The summed E-state index contributed by atoms with van der Waals surface area (Å²) < 4.78 is 11.9. The molecule has 1 saturated heterocycles. The molecule has 142 valence electrons. The van der Waals surface area contributed by atoms with Gasteiger partial charge >= 0.3 is 0 Å². The van der Waals surface area contributed by atoms with E-state index in [9.17, 15) is 0 Å². The fourth-order valence-electron chi connectivity index (χ4n) is 3.46. The molecule has 0 bridgehead atoms. The molecule has 0 amide bonds. The van der Waals surface area contributed by atoms with Crippen molar-refractivity contribution in [3.05, 3.63) is 0 Å². The van der Waals surface area contributed by atoms with Crippen molar-refractivity contribution in [1.82, 2.24) is 9.80 Å². The summed E-state index contributed by atoms with van der Waals surface area (Å²) >= 11 is 0. The van der Waals surface area contributed by atoms with Gasteiger partial charge in [0.1, 0.15) is 0 Å². The van der Waals surface area contributed by atoms with E-state index >= 15 is 0 Å². The van der Waals surface area contributed by atoms with E-state index in [4.69, 9.17) is 14.6 Å². The maximum Gasteiger partial charge on any atom is 0.0631 e. The summed E-state index contributed by atoms with van der Waals surface area (Å²) in [6.45, 7) is 14.4. The Morgan fingerprint density at radius 2 is 1.50 bits per heavy atom. The Morgan fingerprint density at radius 1 is 0.875 bits per heavy atom. The number of hydrogen-bond acceptors (Lipinski definition) is 5. The number of unbranched alkanes of at least 4 members (excludes halogenated alkanes) is 2. The van der Waals surface area contributed by atoms with E-state index in [1.165, 1.54) is 26.1 Å². The van der Waals surface area contributed by atoms with Gasteiger partial charge in [0.15, 0.2) is 0 Å². The highest BCUT2D eigenvalue weighted by atomic mass is 16.5. The summed E-state index contributed by atoms with van der Waals surface area (Å²) in [6, 6.07) is 0. The van der Waals surface area contributed by atoms with Gasteiger partial charge in [0.25, 0.3) is 0 Å². The lowest BCUT2D eigenvalue weighted by Gasteiger charge is -2.39. The third kappa shape index (κ3) is 7.79. The molecule has 5 nitrogen and oxygen atoms in total. The van der Waals surface area contributed by atoms with Gasteiger partial charge in [-0.2, -0.15) is 0 Å². The second-order valence-corrected chi connectivity index (χ2v) is 8.28. The van der Waals surface area contributed by atoms with E-state index in [2.05, 4.69) is 30.6 Å². The molecule has 0 spiro atoms. The lowest BCUT2D eigenvalue weighted by molar-refractivity contribution is -0.149. The third-order valence-corrected chi connectivity index (χ3v) is 4.93. The average Bonchev–Trinajstić information content (AvgIpc) is 2.49. The number of aliphatic hydroxyl groups excluding tert-OH is 1. The molecule has 0 atom stereocenters. The molecule has 0 unspecified atom stereocenters. The van der Waals surface area contributed by atoms with Gasteiger partial charge in [0, 0.05) is 39.3 Å². The highest BCUT2D eigenvalue weighted by Crippen LogP contribution is 2.29. The minimum atomic E-state index is -0.0343. The summed E-state index contributed by atoms with van der Waals surface area (Å²) in [5, 5.41) is 8.81. The summed E-state index contributed by atoms with van der Waals surface area (Å²) in [5.41, 5.74) is -0.0343. The van der Waals surface area contributed by atoms with Crippen LogP contribution in [0.15, 0.2) is 0 Å². The maximum absolute atomic E-state index is 8.81. The molecule has 24 heavy (non-hydrogen) atoms. The summed E-state index contributed by atoms with van der Waals surface area (Å²) in [7, 11) is 0. The van der Waals surface area contributed by atoms with Crippen LogP contribution >= 0.6 is 0 Å². The molecule has 1 aliphatic heterocycles. The molecular formula is C19H38N2O3. The summed E-state index contributed by atoms with van der Waals surface area (Å²) in [4.78, 5) is 5.07. The minimum Gasteiger partial charge on any atom is -0.396 e. The zero-order chi connectivity index (χ0) is 17.4. The number of aliphatic hydroxyl groups is 1. The Kier molecular flexibility index (Phi) is 8.44. The van der Waals surface area contributed by atoms with E-state index in [-0.39, 0.29) is 5.60 Å². The van der Waals surface area contributed by atoms with E-state index in [1.54, 1.807) is 0 Å². The first-order valence-corrected chi connectivity index (χ1v) is 9.81. The normalized spacial score (nSPS) is 26.5. The van der Waals surface area contributed by atoms with Gasteiger partial charge < -0.3 is 19.5 Å². The Labute approximate surface area is 148 Å². The number of rotatable bonds is 10. The highest BCUT2D eigenvalue weighted by Gasteiger charge is 2.33. The second-order valence-electron chi connectivity index (χ2n) is 8.28. The number of hydrogen-bond donors (Lipinski definition) is 1. The van der Waals surface area contributed by atoms with Crippen LogP contribution in [0.3, 0.4) is 0 Å². The molecule has 1 saturated carbocycles. The standard InChI is InChI=1S/C19H38N2O3/c1-19(2,3)24-18-15-17(16-18)23-14-12-21-10-8-20(9-11-21)7-5-4-6-13-22/h17-18,22H,4-16H2,1-3H3/t17-,18-. The first-order chi connectivity index (χ1) is 11.5. The molecule has 0 radical (unpaired) electrons. The van der Waals surface area contributed by atoms with Gasteiger partial charge in [0.2, 0.25) is 0 Å². The van der Waals surface area contributed by atoms with Gasteiger partial charge in [-0.25, -0.2) is 0 Å². The van der Waals surface area contributed by atoms with Gasteiger partial charge in [-0.3, -0.25) is 4.90 Å². The van der Waals surface area contributed by atoms with Crippen LogP contribution in [0.25, 0.3) is 0 Å². The van der Waals surface area contributed by atoms with Crippen LogP contribution < -0.4 is 0 Å². The summed E-state index contributed by atoms with van der Waals surface area (Å²) in [5.74, 6) is 0. The Bertz CT molecular complexity index is 332. The van der Waals surface area contributed by atoms with Crippen LogP contribution in [0.5, 0.6) is 0 Å². The predicted octanol–water partition coefficient (Wildman–Crippen LogP) is 2.13. The SMILES string of the molecule is CC(C)(C)O[C@H]1C[C@H](OCCN2CCN(CCCCCO)CC2)C1. The number of nitrogens with zero attached hydrogens (tertiary/aromatic N) is 2. The van der Waals surface area contributed by atoms with Gasteiger partial charge in [-0.05, 0) is 59.4 Å². The Balaban J connectivity index is 1.44.